The third kappa shape index (κ3) is 4.02. The molecule has 156 valence electrons. The van der Waals surface area contributed by atoms with Gasteiger partial charge in [0.2, 0.25) is 5.91 Å². The second kappa shape index (κ2) is 8.39. The van der Waals surface area contributed by atoms with Crippen LogP contribution >= 0.6 is 0 Å². The first-order valence-corrected chi connectivity index (χ1v) is 9.91. The first-order chi connectivity index (χ1) is 15.0. The summed E-state index contributed by atoms with van der Waals surface area (Å²) in [5, 5.41) is 0. The molecule has 0 aliphatic carbocycles. The number of aromatic nitrogens is 3. The summed E-state index contributed by atoms with van der Waals surface area (Å²) < 4.78 is 2.45. The van der Waals surface area contributed by atoms with Crippen LogP contribution in [0.3, 0.4) is 0 Å². The van der Waals surface area contributed by atoms with Crippen LogP contribution in [0.1, 0.15) is 11.1 Å². The van der Waals surface area contributed by atoms with Crippen molar-refractivity contribution in [3.63, 3.8) is 0 Å². The zero-order chi connectivity index (χ0) is 22.0. The number of carbonyl (C=O) groups is 1. The molecule has 0 aliphatic rings. The molecule has 4 aromatic rings. The Balaban J connectivity index is 1.79. The average molecular weight is 414 g/mol. The number of nitrogens with zero attached hydrogens (tertiary/aromatic N) is 4. The van der Waals surface area contributed by atoms with Crippen molar-refractivity contribution in [2.24, 2.45) is 0 Å². The van der Waals surface area contributed by atoms with Crippen molar-refractivity contribution < 1.29 is 4.79 Å². The van der Waals surface area contributed by atoms with Crippen molar-refractivity contribution in [1.29, 1.82) is 0 Å². The molecule has 0 saturated carbocycles. The number of rotatable bonds is 5. The predicted molar refractivity (Wildman–Crippen MR) is 120 cm³/mol. The van der Waals surface area contributed by atoms with Gasteiger partial charge in [0.15, 0.2) is 5.52 Å². The Hall–Kier alpha value is -4.00. The second-order valence-electron chi connectivity index (χ2n) is 7.41. The van der Waals surface area contributed by atoms with Crippen LogP contribution in [0.15, 0.2) is 82.5 Å². The molecule has 0 unspecified atom stereocenters. The maximum Gasteiger partial charge on any atom is 0.332 e. The van der Waals surface area contributed by atoms with Crippen LogP contribution in [-0.2, 0) is 17.9 Å². The van der Waals surface area contributed by atoms with E-state index < -0.39 is 11.2 Å². The van der Waals surface area contributed by atoms with E-state index in [1.54, 1.807) is 19.2 Å². The van der Waals surface area contributed by atoms with E-state index in [1.165, 1.54) is 15.7 Å². The van der Waals surface area contributed by atoms with Crippen LogP contribution in [0.4, 0.5) is 5.69 Å². The smallest absolute Gasteiger partial charge is 0.314 e. The second-order valence-corrected chi connectivity index (χ2v) is 7.41. The van der Waals surface area contributed by atoms with Gasteiger partial charge in [0.25, 0.3) is 5.56 Å². The number of aryl methyl sites for hydroxylation is 1. The largest absolute Gasteiger partial charge is 0.332 e. The molecule has 4 rings (SSSR count). The van der Waals surface area contributed by atoms with Gasteiger partial charge >= 0.3 is 5.69 Å². The lowest BCUT2D eigenvalue weighted by Gasteiger charge is -2.19. The number of anilines is 1. The maximum atomic E-state index is 13.3. The van der Waals surface area contributed by atoms with Gasteiger partial charge in [-0.25, -0.2) is 9.78 Å². The highest BCUT2D eigenvalue weighted by atomic mass is 16.2. The van der Waals surface area contributed by atoms with Crippen molar-refractivity contribution in [2.45, 2.75) is 20.0 Å². The standard InChI is InChI=1S/C24H22N4O3/c1-17-10-12-18(13-11-17)15-28-23(30)22-20(9-6-14-25-22)27(24(28)31)16-21(29)26(2)19-7-4-3-5-8-19/h3-14H,15-16H2,1-2H3. The topological polar surface area (TPSA) is 77.2 Å². The molecule has 0 radical (unpaired) electrons. The van der Waals surface area contributed by atoms with Crippen molar-refractivity contribution in [3.05, 3.63) is 105 Å². The number of benzene rings is 2. The van der Waals surface area contributed by atoms with Gasteiger partial charge in [-0.05, 0) is 36.8 Å². The lowest BCUT2D eigenvalue weighted by atomic mass is 10.1. The van der Waals surface area contributed by atoms with E-state index in [9.17, 15) is 14.4 Å². The van der Waals surface area contributed by atoms with Gasteiger partial charge < -0.3 is 4.90 Å². The molecule has 0 fully saturated rings. The Morgan fingerprint density at radius 1 is 0.935 bits per heavy atom. The lowest BCUT2D eigenvalue weighted by molar-refractivity contribution is -0.118. The SMILES string of the molecule is Cc1ccc(Cn2c(=O)c3ncccc3n(CC(=O)N(C)c3ccccc3)c2=O)cc1. The highest BCUT2D eigenvalue weighted by molar-refractivity contribution is 5.93. The summed E-state index contributed by atoms with van der Waals surface area (Å²) in [6, 6.07) is 20.1. The van der Waals surface area contributed by atoms with Crippen LogP contribution in [0.5, 0.6) is 0 Å². The van der Waals surface area contributed by atoms with Gasteiger partial charge in [0.05, 0.1) is 12.1 Å². The average Bonchev–Trinajstić information content (AvgIpc) is 2.80. The van der Waals surface area contributed by atoms with Crippen molar-refractivity contribution in [3.8, 4) is 0 Å². The quantitative estimate of drug-likeness (QED) is 0.503. The van der Waals surface area contributed by atoms with Crippen molar-refractivity contribution in [2.75, 3.05) is 11.9 Å². The van der Waals surface area contributed by atoms with Gasteiger partial charge in [-0.15, -0.1) is 0 Å². The number of hydrogen-bond donors (Lipinski definition) is 0. The van der Waals surface area contributed by atoms with Crippen molar-refractivity contribution >= 4 is 22.6 Å². The summed E-state index contributed by atoms with van der Waals surface area (Å²) >= 11 is 0. The number of pyridine rings is 1. The molecular weight excluding hydrogens is 392 g/mol. The number of hydrogen-bond acceptors (Lipinski definition) is 4. The normalized spacial score (nSPS) is 10.9. The summed E-state index contributed by atoms with van der Waals surface area (Å²) in [5.41, 5.74) is 2.11. The highest BCUT2D eigenvalue weighted by Crippen LogP contribution is 2.13. The van der Waals surface area contributed by atoms with Crippen LogP contribution in [-0.4, -0.2) is 27.1 Å². The molecule has 2 aromatic heterocycles. The zero-order valence-electron chi connectivity index (χ0n) is 17.4. The molecule has 0 spiro atoms. The van der Waals surface area contributed by atoms with E-state index in [1.807, 2.05) is 61.5 Å². The Labute approximate surface area is 178 Å². The lowest BCUT2D eigenvalue weighted by Crippen LogP contribution is -2.43. The third-order valence-corrected chi connectivity index (χ3v) is 5.26. The third-order valence-electron chi connectivity index (χ3n) is 5.26. The minimum absolute atomic E-state index is 0.104. The number of likely N-dealkylation sites (N-methyl/N-ethyl adjacent to an activating group) is 1. The Morgan fingerprint density at radius 3 is 2.35 bits per heavy atom. The Bertz CT molecular complexity index is 1360. The number of amides is 1. The highest BCUT2D eigenvalue weighted by Gasteiger charge is 2.18. The van der Waals surface area contributed by atoms with Crippen LogP contribution in [0.2, 0.25) is 0 Å². The summed E-state index contributed by atoms with van der Waals surface area (Å²) in [7, 11) is 1.66. The number of carbonyl (C=O) groups excluding carboxylic acids is 1. The van der Waals surface area contributed by atoms with E-state index in [4.69, 9.17) is 0 Å². The predicted octanol–water partition coefficient (Wildman–Crippen LogP) is 2.58. The molecule has 0 N–H and O–H groups in total. The van der Waals surface area contributed by atoms with Crippen LogP contribution < -0.4 is 16.1 Å². The monoisotopic (exact) mass is 414 g/mol. The molecule has 1 amide bonds. The molecule has 0 bridgehead atoms. The number of para-hydroxylation sites is 1. The molecule has 31 heavy (non-hydrogen) atoms. The van der Waals surface area contributed by atoms with Crippen molar-refractivity contribution in [1.82, 2.24) is 14.1 Å². The molecule has 2 aromatic carbocycles. The zero-order valence-corrected chi connectivity index (χ0v) is 17.4. The fourth-order valence-electron chi connectivity index (χ4n) is 3.45. The minimum atomic E-state index is -0.541. The summed E-state index contributed by atoms with van der Waals surface area (Å²) in [5.74, 6) is -0.279. The molecule has 2 heterocycles. The Morgan fingerprint density at radius 2 is 1.65 bits per heavy atom. The number of fused-ring (bicyclic) bond motifs is 1. The van der Waals surface area contributed by atoms with E-state index in [0.29, 0.717) is 5.52 Å². The van der Waals surface area contributed by atoms with Gasteiger partial charge in [-0.2, -0.15) is 0 Å². The summed E-state index contributed by atoms with van der Waals surface area (Å²) in [6.07, 6.45) is 1.51. The Kier molecular flexibility index (Phi) is 5.49. The van der Waals surface area contributed by atoms with Gasteiger partial charge in [-0.1, -0.05) is 48.0 Å². The van der Waals surface area contributed by atoms with Gasteiger partial charge in [0, 0.05) is 18.9 Å². The van der Waals surface area contributed by atoms with E-state index >= 15 is 0 Å². The van der Waals surface area contributed by atoms with E-state index in [-0.39, 0.29) is 24.5 Å². The summed E-state index contributed by atoms with van der Waals surface area (Å²) in [6.45, 7) is 1.87. The maximum absolute atomic E-state index is 13.3. The first-order valence-electron chi connectivity index (χ1n) is 9.91. The minimum Gasteiger partial charge on any atom is -0.314 e. The summed E-state index contributed by atoms with van der Waals surface area (Å²) in [4.78, 5) is 44.9. The first kappa shape index (κ1) is 20.3. The fraction of sp³-hybridized carbons (Fsp3) is 0.167. The fourth-order valence-corrected chi connectivity index (χ4v) is 3.45. The van der Waals surface area contributed by atoms with E-state index in [2.05, 4.69) is 4.98 Å². The molecule has 0 saturated heterocycles. The molecular formula is C24H22N4O3. The molecule has 7 heteroatoms. The molecule has 7 nitrogen and oxygen atoms in total. The van der Waals surface area contributed by atoms with Crippen LogP contribution in [0, 0.1) is 6.92 Å². The molecule has 0 aliphatic heterocycles. The van der Waals surface area contributed by atoms with Gasteiger partial charge in [0.1, 0.15) is 6.54 Å². The van der Waals surface area contributed by atoms with E-state index in [0.717, 1.165) is 21.4 Å². The van der Waals surface area contributed by atoms with Gasteiger partial charge in [-0.3, -0.25) is 18.7 Å². The van der Waals surface area contributed by atoms with Crippen LogP contribution in [0.25, 0.3) is 11.0 Å². The molecule has 0 atom stereocenters.